The van der Waals surface area contributed by atoms with Crippen LogP contribution in [-0.2, 0) is 20.9 Å². The summed E-state index contributed by atoms with van der Waals surface area (Å²) in [4.78, 5) is 42.7. The van der Waals surface area contributed by atoms with Gasteiger partial charge in [-0.3, -0.25) is 9.59 Å². The molecule has 3 unspecified atom stereocenters. The van der Waals surface area contributed by atoms with Crippen LogP contribution in [0, 0.1) is 12.8 Å². The molecule has 40 heavy (non-hydrogen) atoms. The van der Waals surface area contributed by atoms with Crippen LogP contribution in [0.25, 0.3) is 0 Å². The Balaban J connectivity index is 2.47. The molecule has 7 heteroatoms. The number of ether oxygens (including phenoxy) is 1. The minimum atomic E-state index is -0.842. The summed E-state index contributed by atoms with van der Waals surface area (Å²) in [5.74, 6) is -0.696. The van der Waals surface area contributed by atoms with E-state index in [2.05, 4.69) is 17.6 Å². The Bertz CT molecular complexity index is 1060. The Hall–Kier alpha value is -3.35. The van der Waals surface area contributed by atoms with Gasteiger partial charge in [-0.1, -0.05) is 107 Å². The highest BCUT2D eigenvalue weighted by molar-refractivity contribution is 5.92. The van der Waals surface area contributed by atoms with Crippen molar-refractivity contribution in [3.05, 3.63) is 71.3 Å². The monoisotopic (exact) mass is 551 g/mol. The van der Waals surface area contributed by atoms with Crippen molar-refractivity contribution in [1.29, 1.82) is 0 Å². The van der Waals surface area contributed by atoms with E-state index in [1.165, 1.54) is 0 Å². The van der Waals surface area contributed by atoms with Gasteiger partial charge in [-0.05, 0) is 51.2 Å². The zero-order chi connectivity index (χ0) is 29.7. The first-order valence-corrected chi connectivity index (χ1v) is 14.6. The van der Waals surface area contributed by atoms with Crippen LogP contribution in [0.3, 0.4) is 0 Å². The normalized spacial score (nSPS) is 13.6. The lowest BCUT2D eigenvalue weighted by atomic mass is 9.95. The number of amides is 3. The van der Waals surface area contributed by atoms with Gasteiger partial charge in [0.2, 0.25) is 11.8 Å². The van der Waals surface area contributed by atoms with Gasteiger partial charge in [-0.2, -0.15) is 0 Å². The maximum absolute atomic E-state index is 14.3. The van der Waals surface area contributed by atoms with Crippen molar-refractivity contribution >= 4 is 17.9 Å². The SMILES string of the molecule is CCCCCCN(C(=O)C(NC(=O)OC(C)(C)C)C(C)CC)C(C(=O)NCc1ccccc1)c1ccc(C)cc1. The van der Waals surface area contributed by atoms with E-state index in [4.69, 9.17) is 4.74 Å². The molecule has 0 aliphatic rings. The molecule has 2 aromatic carbocycles. The van der Waals surface area contributed by atoms with Crippen molar-refractivity contribution in [2.24, 2.45) is 5.92 Å². The van der Waals surface area contributed by atoms with E-state index >= 15 is 0 Å². The van der Waals surface area contributed by atoms with E-state index < -0.39 is 23.8 Å². The quantitative estimate of drug-likeness (QED) is 0.256. The molecule has 0 aliphatic carbocycles. The lowest BCUT2D eigenvalue weighted by Gasteiger charge is -2.36. The van der Waals surface area contributed by atoms with E-state index in [0.717, 1.165) is 42.4 Å². The van der Waals surface area contributed by atoms with Gasteiger partial charge in [0.05, 0.1) is 0 Å². The number of benzene rings is 2. The minimum Gasteiger partial charge on any atom is -0.444 e. The molecule has 0 radical (unpaired) electrons. The average molecular weight is 552 g/mol. The molecule has 0 heterocycles. The summed E-state index contributed by atoms with van der Waals surface area (Å²) in [5.41, 5.74) is 2.08. The summed E-state index contributed by atoms with van der Waals surface area (Å²) in [6, 6.07) is 15.8. The second-order valence-electron chi connectivity index (χ2n) is 11.6. The maximum atomic E-state index is 14.3. The minimum absolute atomic E-state index is 0.163. The zero-order valence-corrected chi connectivity index (χ0v) is 25.5. The maximum Gasteiger partial charge on any atom is 0.408 e. The molecular formula is C33H49N3O4. The number of nitrogens with one attached hydrogen (secondary N) is 2. The van der Waals surface area contributed by atoms with Crippen molar-refractivity contribution in [1.82, 2.24) is 15.5 Å². The number of carbonyl (C=O) groups is 3. The summed E-state index contributed by atoms with van der Waals surface area (Å²) < 4.78 is 5.50. The third kappa shape index (κ3) is 10.7. The highest BCUT2D eigenvalue weighted by Crippen LogP contribution is 2.26. The zero-order valence-electron chi connectivity index (χ0n) is 25.5. The van der Waals surface area contributed by atoms with Crippen LogP contribution in [0.5, 0.6) is 0 Å². The number of nitrogens with zero attached hydrogens (tertiary/aromatic N) is 1. The third-order valence-electron chi connectivity index (χ3n) is 6.95. The van der Waals surface area contributed by atoms with Gasteiger partial charge in [0.25, 0.3) is 0 Å². The van der Waals surface area contributed by atoms with E-state index in [-0.39, 0.29) is 17.7 Å². The Labute approximate surface area is 241 Å². The first-order valence-electron chi connectivity index (χ1n) is 14.6. The molecule has 2 aromatic rings. The fourth-order valence-corrected chi connectivity index (χ4v) is 4.48. The molecule has 2 N–H and O–H groups in total. The van der Waals surface area contributed by atoms with Crippen molar-refractivity contribution in [3.8, 4) is 0 Å². The largest absolute Gasteiger partial charge is 0.444 e. The standard InChI is InChI=1S/C33H49N3O4/c1-8-10-11-15-22-36(31(38)28(25(4)9-2)35-32(39)40-33(5,6)7)29(27-20-18-24(3)19-21-27)30(37)34-23-26-16-13-12-14-17-26/h12-14,16-21,25,28-29H,8-11,15,22-23H2,1-7H3,(H,34,37)(H,35,39). The van der Waals surface area contributed by atoms with Gasteiger partial charge in [0.1, 0.15) is 17.7 Å². The van der Waals surface area contributed by atoms with Gasteiger partial charge in [-0.25, -0.2) is 4.79 Å². The van der Waals surface area contributed by atoms with Crippen LogP contribution in [0.1, 0.15) is 96.4 Å². The summed E-state index contributed by atoms with van der Waals surface area (Å²) in [5, 5.41) is 5.89. The number of hydrogen-bond donors (Lipinski definition) is 2. The lowest BCUT2D eigenvalue weighted by Crippen LogP contribution is -2.55. The number of unbranched alkanes of at least 4 members (excludes halogenated alkanes) is 3. The highest BCUT2D eigenvalue weighted by Gasteiger charge is 2.37. The molecular weight excluding hydrogens is 502 g/mol. The van der Waals surface area contributed by atoms with Crippen molar-refractivity contribution in [2.75, 3.05) is 6.54 Å². The van der Waals surface area contributed by atoms with Crippen molar-refractivity contribution < 1.29 is 19.1 Å². The Morgan fingerprint density at radius 3 is 2.15 bits per heavy atom. The first-order chi connectivity index (χ1) is 19.0. The Morgan fingerprint density at radius 2 is 1.57 bits per heavy atom. The molecule has 0 aromatic heterocycles. The first kappa shape index (κ1) is 32.9. The molecule has 0 saturated carbocycles. The molecule has 7 nitrogen and oxygen atoms in total. The van der Waals surface area contributed by atoms with Crippen LogP contribution in [0.2, 0.25) is 0 Å². The lowest BCUT2D eigenvalue weighted by molar-refractivity contribution is -0.143. The van der Waals surface area contributed by atoms with Crippen LogP contribution in [-0.4, -0.2) is 41.0 Å². The van der Waals surface area contributed by atoms with Crippen LogP contribution in [0.15, 0.2) is 54.6 Å². The van der Waals surface area contributed by atoms with Gasteiger partial charge >= 0.3 is 6.09 Å². The van der Waals surface area contributed by atoms with E-state index in [9.17, 15) is 14.4 Å². The van der Waals surface area contributed by atoms with Gasteiger partial charge < -0.3 is 20.3 Å². The molecule has 3 amide bonds. The molecule has 0 saturated heterocycles. The third-order valence-corrected chi connectivity index (χ3v) is 6.95. The highest BCUT2D eigenvalue weighted by atomic mass is 16.6. The Kier molecular flexibility index (Phi) is 13.2. The van der Waals surface area contributed by atoms with Gasteiger partial charge in [-0.15, -0.1) is 0 Å². The van der Waals surface area contributed by atoms with Crippen molar-refractivity contribution in [3.63, 3.8) is 0 Å². The molecule has 0 bridgehead atoms. The smallest absolute Gasteiger partial charge is 0.408 e. The number of carbonyl (C=O) groups excluding carboxylic acids is 3. The number of hydrogen-bond acceptors (Lipinski definition) is 4. The fourth-order valence-electron chi connectivity index (χ4n) is 4.48. The number of alkyl carbamates (subject to hydrolysis) is 1. The predicted octanol–water partition coefficient (Wildman–Crippen LogP) is 6.70. The number of rotatable bonds is 14. The summed E-state index contributed by atoms with van der Waals surface area (Å²) in [7, 11) is 0. The predicted molar refractivity (Wildman–Crippen MR) is 161 cm³/mol. The number of aryl methyl sites for hydroxylation is 1. The topological polar surface area (TPSA) is 87.7 Å². The molecule has 2 rings (SSSR count). The molecule has 3 atom stereocenters. The fraction of sp³-hybridized carbons (Fsp3) is 0.545. The van der Waals surface area contributed by atoms with Gasteiger partial charge in [0.15, 0.2) is 0 Å². The van der Waals surface area contributed by atoms with E-state index in [1.54, 1.807) is 25.7 Å². The summed E-state index contributed by atoms with van der Waals surface area (Å²) >= 11 is 0. The van der Waals surface area contributed by atoms with Crippen molar-refractivity contribution in [2.45, 2.75) is 105 Å². The second-order valence-corrected chi connectivity index (χ2v) is 11.6. The second kappa shape index (κ2) is 16.0. The van der Waals surface area contributed by atoms with E-state index in [0.29, 0.717) is 19.5 Å². The summed E-state index contributed by atoms with van der Waals surface area (Å²) in [6.07, 6.45) is 3.83. The van der Waals surface area contributed by atoms with Crippen LogP contribution < -0.4 is 10.6 Å². The van der Waals surface area contributed by atoms with Crippen LogP contribution in [0.4, 0.5) is 4.79 Å². The Morgan fingerprint density at radius 1 is 0.925 bits per heavy atom. The van der Waals surface area contributed by atoms with E-state index in [1.807, 2.05) is 75.4 Å². The molecule has 0 spiro atoms. The molecule has 220 valence electrons. The average Bonchev–Trinajstić information content (AvgIpc) is 2.91. The molecule has 0 fully saturated rings. The summed E-state index contributed by atoms with van der Waals surface area (Å²) in [6.45, 7) is 14.2. The van der Waals surface area contributed by atoms with Crippen LogP contribution >= 0.6 is 0 Å². The van der Waals surface area contributed by atoms with Gasteiger partial charge in [0, 0.05) is 13.1 Å². The molecule has 0 aliphatic heterocycles.